The molecule has 1 N–H and O–H groups in total. The van der Waals surface area contributed by atoms with Crippen LogP contribution in [0, 0.1) is 12.3 Å². The van der Waals surface area contributed by atoms with Gasteiger partial charge in [0.2, 0.25) is 0 Å². The maximum absolute atomic E-state index is 13.9. The number of aromatic nitrogens is 1. The summed E-state index contributed by atoms with van der Waals surface area (Å²) in [6.07, 6.45) is 4.48. The smallest absolute Gasteiger partial charge is 0.287 e. The zero-order valence-corrected chi connectivity index (χ0v) is 27.6. The molecule has 4 aromatic rings. The summed E-state index contributed by atoms with van der Waals surface area (Å²) in [6, 6.07) is 18.6. The van der Waals surface area contributed by atoms with Crippen LogP contribution in [-0.2, 0) is 16.0 Å². The van der Waals surface area contributed by atoms with Gasteiger partial charge in [0.15, 0.2) is 0 Å². The van der Waals surface area contributed by atoms with E-state index in [2.05, 4.69) is 15.2 Å². The molecule has 3 aliphatic rings. The molecule has 11 heteroatoms. The molecule has 47 heavy (non-hydrogen) atoms. The summed E-state index contributed by atoms with van der Waals surface area (Å²) in [4.78, 5) is 55.5. The van der Waals surface area contributed by atoms with E-state index in [0.717, 1.165) is 66.4 Å². The number of ether oxygens (including phenoxy) is 1. The van der Waals surface area contributed by atoms with E-state index in [1.807, 2.05) is 43.3 Å². The number of hydrogen-bond donors (Lipinski definition) is 1. The fraction of sp³-hybridized carbons (Fsp3) is 0.333. The van der Waals surface area contributed by atoms with Crippen LogP contribution in [0.5, 0.6) is 0 Å². The van der Waals surface area contributed by atoms with Crippen LogP contribution >= 0.6 is 11.3 Å². The van der Waals surface area contributed by atoms with Crippen molar-refractivity contribution < 1.29 is 24.0 Å². The van der Waals surface area contributed by atoms with Crippen molar-refractivity contribution in [1.29, 1.82) is 0 Å². The van der Waals surface area contributed by atoms with Gasteiger partial charge in [-0.1, -0.05) is 18.2 Å². The molecule has 3 aliphatic heterocycles. The Morgan fingerprint density at radius 3 is 2.53 bits per heavy atom. The number of amides is 3. The minimum Gasteiger partial charge on any atom is -0.381 e. The fourth-order valence-corrected chi connectivity index (χ4v) is 7.93. The number of aryl methyl sites for hydroxylation is 1. The molecule has 7 rings (SSSR count). The van der Waals surface area contributed by atoms with Crippen molar-refractivity contribution in [3.8, 4) is 10.4 Å². The number of thiophene rings is 1. The number of hydrogen-bond acceptors (Lipinski definition) is 8. The number of rotatable bonds is 6. The molecule has 0 radical (unpaired) electrons. The summed E-state index contributed by atoms with van der Waals surface area (Å²) < 4.78 is 5.56. The zero-order valence-electron chi connectivity index (χ0n) is 26.7. The number of hydroxylamine groups is 2. The number of para-hydroxylation sites is 1. The Kier molecular flexibility index (Phi) is 8.29. The topological polar surface area (TPSA) is 104 Å². The largest absolute Gasteiger partial charge is 0.381 e. The SMILES string of the molecule is CON(C)C(=O)c1cc2c(s1)-c1ccccc1N(C(=O)c1ccc(NC(=O)c3cc(C)cnc3N3CC4(CCOCC4)C3)cc1)CC2. The van der Waals surface area contributed by atoms with E-state index >= 15 is 0 Å². The highest BCUT2D eigenvalue weighted by Crippen LogP contribution is 2.43. The Morgan fingerprint density at radius 2 is 1.79 bits per heavy atom. The number of nitrogens with zero attached hydrogens (tertiary/aromatic N) is 4. The maximum Gasteiger partial charge on any atom is 0.287 e. The van der Waals surface area contributed by atoms with Gasteiger partial charge in [-0.05, 0) is 79.8 Å². The first kappa shape index (κ1) is 31.0. The highest BCUT2D eigenvalue weighted by molar-refractivity contribution is 7.17. The van der Waals surface area contributed by atoms with Crippen molar-refractivity contribution in [1.82, 2.24) is 10.0 Å². The van der Waals surface area contributed by atoms with Gasteiger partial charge in [-0.25, -0.2) is 10.0 Å². The highest BCUT2D eigenvalue weighted by atomic mass is 32.1. The predicted octanol–water partition coefficient (Wildman–Crippen LogP) is 5.82. The molecule has 0 bridgehead atoms. The summed E-state index contributed by atoms with van der Waals surface area (Å²) in [5.74, 6) is 0.130. The number of anilines is 3. The quantitative estimate of drug-likeness (QED) is 0.262. The van der Waals surface area contributed by atoms with Crippen molar-refractivity contribution in [3.05, 3.63) is 94.0 Å². The first-order chi connectivity index (χ1) is 22.7. The second kappa shape index (κ2) is 12.6. The molecule has 2 fully saturated rings. The highest BCUT2D eigenvalue weighted by Gasteiger charge is 2.45. The number of carbonyl (C=O) groups is 3. The van der Waals surface area contributed by atoms with Gasteiger partial charge in [0.25, 0.3) is 17.7 Å². The van der Waals surface area contributed by atoms with Crippen LogP contribution in [-0.4, -0.2) is 74.8 Å². The van der Waals surface area contributed by atoms with Gasteiger partial charge in [0.05, 0.1) is 23.2 Å². The van der Waals surface area contributed by atoms with Crippen molar-refractivity contribution in [2.24, 2.45) is 5.41 Å². The predicted molar refractivity (Wildman–Crippen MR) is 182 cm³/mol. The van der Waals surface area contributed by atoms with Gasteiger partial charge in [-0.3, -0.25) is 19.2 Å². The summed E-state index contributed by atoms with van der Waals surface area (Å²) in [5, 5.41) is 4.23. The number of benzene rings is 2. The Hall–Kier alpha value is -4.58. The average molecular weight is 652 g/mol. The summed E-state index contributed by atoms with van der Waals surface area (Å²) in [7, 11) is 3.05. The monoisotopic (exact) mass is 651 g/mol. The lowest BCUT2D eigenvalue weighted by molar-refractivity contribution is -0.0753. The average Bonchev–Trinajstić information content (AvgIpc) is 3.44. The molecule has 242 valence electrons. The molecule has 2 aromatic heterocycles. The first-order valence-corrected chi connectivity index (χ1v) is 16.6. The lowest BCUT2D eigenvalue weighted by Gasteiger charge is -2.53. The Bertz CT molecular complexity index is 1840. The molecule has 2 saturated heterocycles. The van der Waals surface area contributed by atoms with Crippen LogP contribution in [0.15, 0.2) is 66.9 Å². The van der Waals surface area contributed by atoms with Crippen LogP contribution in [0.25, 0.3) is 10.4 Å². The molecule has 1 spiro atoms. The standard InChI is InChI=1S/C36H37N5O5S/c1-23-18-28(32(37-20-23)40-21-36(22-40)13-16-46-17-14-36)33(42)38-26-10-8-24(9-11-26)34(43)41-15-12-25-19-30(35(44)39(2)45-3)47-31(25)27-6-4-5-7-29(27)41/h4-11,18-20H,12-17,21-22H2,1-3H3,(H,38,42). The normalized spacial score (nSPS) is 16.5. The second-order valence-corrected chi connectivity index (χ2v) is 13.6. The van der Waals surface area contributed by atoms with Gasteiger partial charge in [-0.2, -0.15) is 0 Å². The van der Waals surface area contributed by atoms with E-state index in [1.54, 1.807) is 42.4 Å². The molecule has 0 unspecified atom stereocenters. The van der Waals surface area contributed by atoms with Gasteiger partial charge in [0, 0.05) is 73.2 Å². The van der Waals surface area contributed by atoms with Crippen LogP contribution < -0.4 is 15.1 Å². The molecule has 0 aliphatic carbocycles. The molecule has 2 aromatic carbocycles. The number of pyridine rings is 1. The van der Waals surface area contributed by atoms with E-state index in [0.29, 0.717) is 40.5 Å². The lowest BCUT2D eigenvalue weighted by Crippen LogP contribution is -2.59. The third-order valence-corrected chi connectivity index (χ3v) is 10.6. The zero-order chi connectivity index (χ0) is 32.7. The minimum atomic E-state index is -0.231. The molecule has 0 saturated carbocycles. The minimum absolute atomic E-state index is 0.133. The Morgan fingerprint density at radius 1 is 1.04 bits per heavy atom. The van der Waals surface area contributed by atoms with Gasteiger partial charge < -0.3 is 19.9 Å². The summed E-state index contributed by atoms with van der Waals surface area (Å²) in [6.45, 7) is 5.72. The lowest BCUT2D eigenvalue weighted by atomic mass is 9.73. The maximum atomic E-state index is 13.9. The van der Waals surface area contributed by atoms with Gasteiger partial charge >= 0.3 is 0 Å². The van der Waals surface area contributed by atoms with E-state index in [1.165, 1.54) is 23.5 Å². The third-order valence-electron chi connectivity index (χ3n) is 9.41. The molecule has 0 atom stereocenters. The van der Waals surface area contributed by atoms with Gasteiger partial charge in [-0.15, -0.1) is 11.3 Å². The van der Waals surface area contributed by atoms with E-state index in [-0.39, 0.29) is 23.1 Å². The van der Waals surface area contributed by atoms with Crippen LogP contribution in [0.4, 0.5) is 17.2 Å². The number of fused-ring (bicyclic) bond motifs is 3. The van der Waals surface area contributed by atoms with Crippen molar-refractivity contribution in [2.75, 3.05) is 62.1 Å². The van der Waals surface area contributed by atoms with E-state index in [9.17, 15) is 14.4 Å². The summed E-state index contributed by atoms with van der Waals surface area (Å²) >= 11 is 1.41. The molecule has 10 nitrogen and oxygen atoms in total. The molecule has 3 amide bonds. The van der Waals surface area contributed by atoms with Crippen LogP contribution in [0.3, 0.4) is 0 Å². The Balaban J connectivity index is 1.07. The molecule has 5 heterocycles. The first-order valence-electron chi connectivity index (χ1n) is 15.8. The number of nitrogens with one attached hydrogen (secondary N) is 1. The van der Waals surface area contributed by atoms with Crippen molar-refractivity contribution in [3.63, 3.8) is 0 Å². The van der Waals surface area contributed by atoms with Gasteiger partial charge in [0.1, 0.15) is 5.82 Å². The van der Waals surface area contributed by atoms with E-state index < -0.39 is 0 Å². The van der Waals surface area contributed by atoms with Crippen LogP contribution in [0.1, 0.15) is 54.4 Å². The Labute approximate surface area is 277 Å². The van der Waals surface area contributed by atoms with E-state index in [4.69, 9.17) is 9.57 Å². The van der Waals surface area contributed by atoms with Crippen molar-refractivity contribution >= 4 is 46.3 Å². The third kappa shape index (κ3) is 5.90. The molecular weight excluding hydrogens is 614 g/mol. The van der Waals surface area contributed by atoms with Crippen LogP contribution in [0.2, 0.25) is 0 Å². The molecular formula is C36H37N5O5S. The second-order valence-electron chi connectivity index (χ2n) is 12.6. The fourth-order valence-electron chi connectivity index (χ4n) is 6.72. The van der Waals surface area contributed by atoms with Crippen molar-refractivity contribution in [2.45, 2.75) is 26.2 Å². The summed E-state index contributed by atoms with van der Waals surface area (Å²) in [5.41, 5.74) is 5.55. The number of carbonyl (C=O) groups excluding carboxylic acids is 3.